The highest BCUT2D eigenvalue weighted by molar-refractivity contribution is 5.43. The van der Waals surface area contributed by atoms with Crippen LogP contribution < -0.4 is 14.8 Å². The molecular weight excluding hydrogens is 370 g/mol. The van der Waals surface area contributed by atoms with Gasteiger partial charge in [-0.1, -0.05) is 12.1 Å². The van der Waals surface area contributed by atoms with Crippen LogP contribution in [0.3, 0.4) is 0 Å². The molecule has 0 aliphatic carbocycles. The maximum atomic E-state index is 11.1. The third kappa shape index (κ3) is 5.46. The molecule has 1 atom stereocenters. The minimum Gasteiger partial charge on any atom is -0.497 e. The predicted octanol–water partition coefficient (Wildman–Crippen LogP) is 3.93. The number of rotatable bonds is 10. The van der Waals surface area contributed by atoms with E-state index in [1.54, 1.807) is 19.2 Å². The fourth-order valence-electron chi connectivity index (χ4n) is 3.82. The van der Waals surface area contributed by atoms with Gasteiger partial charge in [0.15, 0.2) is 0 Å². The Morgan fingerprint density at radius 1 is 1.21 bits per heavy atom. The molecule has 1 saturated heterocycles. The number of ether oxygens (including phenoxy) is 2. The fourth-order valence-corrected chi connectivity index (χ4v) is 3.82. The van der Waals surface area contributed by atoms with Crippen LogP contribution >= 0.6 is 0 Å². The van der Waals surface area contributed by atoms with Gasteiger partial charge in [-0.15, -0.1) is 0 Å². The average Bonchev–Trinajstić information content (AvgIpc) is 3.26. The lowest BCUT2D eigenvalue weighted by Gasteiger charge is -2.28. The van der Waals surface area contributed by atoms with Gasteiger partial charge < -0.3 is 14.8 Å². The van der Waals surface area contributed by atoms with Gasteiger partial charge >= 0.3 is 0 Å². The molecule has 2 aromatic carbocycles. The molecule has 2 aromatic rings. The molecule has 0 saturated carbocycles. The van der Waals surface area contributed by atoms with Crippen molar-refractivity contribution in [2.24, 2.45) is 0 Å². The summed E-state index contributed by atoms with van der Waals surface area (Å²) in [6.07, 6.45) is 2.42. The Kier molecular flexibility index (Phi) is 7.43. The van der Waals surface area contributed by atoms with Crippen LogP contribution in [0.4, 0.5) is 5.69 Å². The number of hydrogen-bond acceptors (Lipinski definition) is 6. The van der Waals surface area contributed by atoms with Gasteiger partial charge in [0.1, 0.15) is 11.5 Å². The minimum absolute atomic E-state index is 0.0779. The van der Waals surface area contributed by atoms with E-state index >= 15 is 0 Å². The average molecular weight is 399 g/mol. The Balaban J connectivity index is 1.74. The molecule has 1 fully saturated rings. The molecule has 0 bridgehead atoms. The van der Waals surface area contributed by atoms with Crippen molar-refractivity contribution < 1.29 is 14.4 Å². The molecule has 1 aliphatic heterocycles. The summed E-state index contributed by atoms with van der Waals surface area (Å²) >= 11 is 0. The first-order valence-corrected chi connectivity index (χ1v) is 10.1. The largest absolute Gasteiger partial charge is 0.497 e. The molecule has 1 aliphatic rings. The maximum absolute atomic E-state index is 11.1. The first kappa shape index (κ1) is 21.1. The molecule has 0 spiro atoms. The third-order valence-electron chi connectivity index (χ3n) is 5.27. The highest BCUT2D eigenvalue weighted by Gasteiger charge is 2.24. The normalized spacial score (nSPS) is 15.2. The van der Waals surface area contributed by atoms with Crippen molar-refractivity contribution in [3.05, 3.63) is 63.7 Å². The van der Waals surface area contributed by atoms with Crippen LogP contribution in [-0.4, -0.2) is 43.2 Å². The number of hydrogen-bond donors (Lipinski definition) is 1. The summed E-state index contributed by atoms with van der Waals surface area (Å²) in [4.78, 5) is 13.3. The van der Waals surface area contributed by atoms with E-state index in [1.807, 2.05) is 19.1 Å². The predicted molar refractivity (Wildman–Crippen MR) is 113 cm³/mol. The van der Waals surface area contributed by atoms with Gasteiger partial charge in [-0.05, 0) is 56.6 Å². The van der Waals surface area contributed by atoms with Gasteiger partial charge in [-0.3, -0.25) is 15.0 Å². The number of nitro groups is 1. The number of likely N-dealkylation sites (tertiary alicyclic amines) is 1. The number of nitrogens with one attached hydrogen (secondary N) is 1. The van der Waals surface area contributed by atoms with E-state index < -0.39 is 0 Å². The molecule has 7 heteroatoms. The lowest BCUT2D eigenvalue weighted by Crippen LogP contribution is -2.34. The van der Waals surface area contributed by atoms with Crippen LogP contribution in [0.25, 0.3) is 0 Å². The van der Waals surface area contributed by atoms with Crippen molar-refractivity contribution in [3.8, 4) is 11.5 Å². The number of non-ortho nitro benzene ring substituents is 1. The maximum Gasteiger partial charge on any atom is 0.270 e. The smallest absolute Gasteiger partial charge is 0.270 e. The lowest BCUT2D eigenvalue weighted by atomic mass is 10.0. The summed E-state index contributed by atoms with van der Waals surface area (Å²) < 4.78 is 11.1. The van der Waals surface area contributed by atoms with Gasteiger partial charge in [0.25, 0.3) is 5.69 Å². The van der Waals surface area contributed by atoms with E-state index in [9.17, 15) is 10.1 Å². The van der Waals surface area contributed by atoms with Crippen LogP contribution in [0.2, 0.25) is 0 Å². The molecule has 0 radical (unpaired) electrons. The molecule has 1 N–H and O–H groups in total. The molecule has 1 heterocycles. The van der Waals surface area contributed by atoms with Crippen molar-refractivity contribution in [1.82, 2.24) is 10.2 Å². The molecule has 3 rings (SSSR count). The quantitative estimate of drug-likeness (QED) is 0.482. The first-order chi connectivity index (χ1) is 14.1. The van der Waals surface area contributed by atoms with Crippen LogP contribution in [0.1, 0.15) is 36.9 Å². The summed E-state index contributed by atoms with van der Waals surface area (Å²) in [6, 6.07) is 13.2. The highest BCUT2D eigenvalue weighted by Crippen LogP contribution is 2.28. The van der Waals surface area contributed by atoms with Crippen molar-refractivity contribution in [2.75, 3.05) is 33.4 Å². The second-order valence-electron chi connectivity index (χ2n) is 7.15. The lowest BCUT2D eigenvalue weighted by molar-refractivity contribution is -0.384. The zero-order chi connectivity index (χ0) is 20.6. The SMILES string of the molecule is CCOc1ccc([N+](=O)[O-])cc1CNCC(c1cccc(OC)c1)N1CCCC1. The van der Waals surface area contributed by atoms with Gasteiger partial charge in [0, 0.05) is 36.8 Å². The Hall–Kier alpha value is -2.64. The standard InChI is InChI=1S/C22H29N3O4/c1-3-29-22-10-9-19(25(26)27)13-18(22)15-23-16-21(24-11-4-5-12-24)17-7-6-8-20(14-17)28-2/h6-10,13-14,21,23H,3-5,11-12,15-16H2,1-2H3. The topological polar surface area (TPSA) is 76.9 Å². The van der Waals surface area contributed by atoms with E-state index in [-0.39, 0.29) is 16.7 Å². The Labute approximate surface area is 171 Å². The molecule has 29 heavy (non-hydrogen) atoms. The molecule has 0 aromatic heterocycles. The van der Waals surface area contributed by atoms with Crippen LogP contribution in [0.5, 0.6) is 11.5 Å². The monoisotopic (exact) mass is 399 g/mol. The summed E-state index contributed by atoms with van der Waals surface area (Å²) in [7, 11) is 1.68. The second kappa shape index (κ2) is 10.2. The molecule has 156 valence electrons. The summed E-state index contributed by atoms with van der Waals surface area (Å²) in [5.74, 6) is 1.54. The summed E-state index contributed by atoms with van der Waals surface area (Å²) in [5.41, 5.74) is 2.09. The summed E-state index contributed by atoms with van der Waals surface area (Å²) in [5, 5.41) is 14.6. The molecule has 7 nitrogen and oxygen atoms in total. The Morgan fingerprint density at radius 3 is 2.69 bits per heavy atom. The first-order valence-electron chi connectivity index (χ1n) is 10.1. The van der Waals surface area contributed by atoms with Crippen LogP contribution in [0.15, 0.2) is 42.5 Å². The zero-order valence-electron chi connectivity index (χ0n) is 17.1. The van der Waals surface area contributed by atoms with Crippen molar-refractivity contribution in [2.45, 2.75) is 32.4 Å². The van der Waals surface area contributed by atoms with E-state index in [1.165, 1.54) is 24.5 Å². The van der Waals surface area contributed by atoms with E-state index in [0.717, 1.165) is 30.9 Å². The Morgan fingerprint density at radius 2 is 2.00 bits per heavy atom. The van der Waals surface area contributed by atoms with Crippen molar-refractivity contribution in [1.29, 1.82) is 0 Å². The van der Waals surface area contributed by atoms with Crippen LogP contribution in [0, 0.1) is 10.1 Å². The van der Waals surface area contributed by atoms with Gasteiger partial charge in [0.2, 0.25) is 0 Å². The van der Waals surface area contributed by atoms with Gasteiger partial charge in [-0.25, -0.2) is 0 Å². The third-order valence-corrected chi connectivity index (χ3v) is 5.27. The van der Waals surface area contributed by atoms with E-state index in [4.69, 9.17) is 9.47 Å². The Bertz CT molecular complexity index is 821. The molecule has 1 unspecified atom stereocenters. The number of nitro benzene ring substituents is 1. The van der Waals surface area contributed by atoms with Gasteiger partial charge in [0.05, 0.1) is 18.6 Å². The second-order valence-corrected chi connectivity index (χ2v) is 7.15. The van der Waals surface area contributed by atoms with Crippen molar-refractivity contribution >= 4 is 5.69 Å². The fraction of sp³-hybridized carbons (Fsp3) is 0.455. The van der Waals surface area contributed by atoms with E-state index in [2.05, 4.69) is 22.3 Å². The molecular formula is C22H29N3O4. The van der Waals surface area contributed by atoms with Crippen LogP contribution in [-0.2, 0) is 6.54 Å². The highest BCUT2D eigenvalue weighted by atomic mass is 16.6. The number of benzene rings is 2. The molecule has 0 amide bonds. The van der Waals surface area contributed by atoms with Crippen molar-refractivity contribution in [3.63, 3.8) is 0 Å². The number of nitrogens with zero attached hydrogens (tertiary/aromatic N) is 2. The number of methoxy groups -OCH3 is 1. The van der Waals surface area contributed by atoms with Gasteiger partial charge in [-0.2, -0.15) is 0 Å². The summed E-state index contributed by atoms with van der Waals surface area (Å²) in [6.45, 7) is 5.82. The van der Waals surface area contributed by atoms with E-state index in [0.29, 0.717) is 18.9 Å². The zero-order valence-corrected chi connectivity index (χ0v) is 17.1. The minimum atomic E-state index is -0.373.